The van der Waals surface area contributed by atoms with E-state index in [-0.39, 0.29) is 11.8 Å². The Hall–Kier alpha value is -2.33. The maximum atomic E-state index is 12.7. The van der Waals surface area contributed by atoms with Crippen LogP contribution in [0, 0.1) is 0 Å². The molecule has 0 saturated heterocycles. The number of nitrogens with zero attached hydrogens (tertiary/aromatic N) is 1. The van der Waals surface area contributed by atoms with Crippen LogP contribution < -0.4 is 10.2 Å². The van der Waals surface area contributed by atoms with Crippen molar-refractivity contribution in [2.75, 3.05) is 11.4 Å². The van der Waals surface area contributed by atoms with Gasteiger partial charge in [-0.3, -0.25) is 14.5 Å². The van der Waals surface area contributed by atoms with E-state index in [1.165, 1.54) is 0 Å². The molecule has 130 valence electrons. The monoisotopic (exact) mass is 356 g/mol. The van der Waals surface area contributed by atoms with Crippen LogP contribution in [0.15, 0.2) is 48.5 Å². The number of fused-ring (bicyclic) bond motifs is 1. The second kappa shape index (κ2) is 7.70. The van der Waals surface area contributed by atoms with Crippen molar-refractivity contribution in [2.45, 2.75) is 32.2 Å². The molecule has 3 rings (SSSR count). The van der Waals surface area contributed by atoms with Gasteiger partial charge in [0.05, 0.1) is 0 Å². The molecule has 25 heavy (non-hydrogen) atoms. The lowest BCUT2D eigenvalue weighted by atomic mass is 10.1. The zero-order valence-corrected chi connectivity index (χ0v) is 14.9. The number of rotatable bonds is 5. The number of benzene rings is 2. The number of hydrogen-bond donors (Lipinski definition) is 1. The predicted octanol–water partition coefficient (Wildman–Crippen LogP) is 3.37. The number of carbonyl (C=O) groups excluding carboxylic acids is 2. The fourth-order valence-corrected chi connectivity index (χ4v) is 3.44. The molecular formula is C20H21ClN2O2. The number of hydrogen-bond acceptors (Lipinski definition) is 2. The van der Waals surface area contributed by atoms with Crippen LogP contribution in [0.2, 0.25) is 5.02 Å². The van der Waals surface area contributed by atoms with E-state index in [2.05, 4.69) is 5.32 Å². The lowest BCUT2D eigenvalue weighted by molar-refractivity contribution is -0.126. The van der Waals surface area contributed by atoms with E-state index in [1.54, 1.807) is 4.90 Å². The Morgan fingerprint density at radius 1 is 1.16 bits per heavy atom. The molecule has 5 heteroatoms. The molecule has 0 aromatic heterocycles. The molecule has 1 aliphatic rings. The zero-order chi connectivity index (χ0) is 17.8. The molecule has 1 heterocycles. The smallest absolute Gasteiger partial charge is 0.243 e. The van der Waals surface area contributed by atoms with Crippen LogP contribution in [0.5, 0.6) is 0 Å². The molecule has 4 nitrogen and oxygen atoms in total. The lowest BCUT2D eigenvalue weighted by Gasteiger charge is -2.24. The molecule has 2 aromatic rings. The molecule has 0 spiro atoms. The number of amides is 2. The van der Waals surface area contributed by atoms with Gasteiger partial charge >= 0.3 is 0 Å². The molecule has 0 saturated carbocycles. The highest BCUT2D eigenvalue weighted by Crippen LogP contribution is 2.32. The molecule has 1 atom stereocenters. The maximum Gasteiger partial charge on any atom is 0.243 e. The summed E-state index contributed by atoms with van der Waals surface area (Å²) in [5.74, 6) is -0.152. The van der Waals surface area contributed by atoms with E-state index in [0.29, 0.717) is 30.8 Å². The average molecular weight is 357 g/mol. The molecule has 0 fully saturated rings. The van der Waals surface area contributed by atoms with Gasteiger partial charge in [0.25, 0.3) is 0 Å². The Kier molecular flexibility index (Phi) is 5.39. The molecule has 0 bridgehead atoms. The first-order chi connectivity index (χ1) is 12.1. The van der Waals surface area contributed by atoms with Crippen molar-refractivity contribution in [3.8, 4) is 0 Å². The summed E-state index contributed by atoms with van der Waals surface area (Å²) in [6.45, 7) is 2.30. The van der Waals surface area contributed by atoms with Gasteiger partial charge in [-0.05, 0) is 29.7 Å². The average Bonchev–Trinajstić information content (AvgIpc) is 3.02. The number of anilines is 1. The van der Waals surface area contributed by atoms with Crippen molar-refractivity contribution in [2.24, 2.45) is 0 Å². The van der Waals surface area contributed by atoms with E-state index in [1.807, 2.05) is 55.5 Å². The van der Waals surface area contributed by atoms with Gasteiger partial charge in [0, 0.05) is 30.1 Å². The van der Waals surface area contributed by atoms with Crippen LogP contribution in [0.25, 0.3) is 0 Å². The quantitative estimate of drug-likeness (QED) is 0.893. The Labute approximate surface area is 152 Å². The van der Waals surface area contributed by atoms with E-state index < -0.39 is 6.04 Å². The summed E-state index contributed by atoms with van der Waals surface area (Å²) in [7, 11) is 0. The van der Waals surface area contributed by atoms with Crippen LogP contribution in [0.4, 0.5) is 5.69 Å². The molecule has 2 aromatic carbocycles. The van der Waals surface area contributed by atoms with Crippen LogP contribution in [0.3, 0.4) is 0 Å². The van der Waals surface area contributed by atoms with E-state index in [0.717, 1.165) is 16.8 Å². The minimum absolute atomic E-state index is 0.0313. The second-order valence-corrected chi connectivity index (χ2v) is 6.51. The lowest BCUT2D eigenvalue weighted by Crippen LogP contribution is -2.48. The van der Waals surface area contributed by atoms with Crippen molar-refractivity contribution in [1.29, 1.82) is 0 Å². The minimum Gasteiger partial charge on any atom is -0.354 e. The third-order valence-electron chi connectivity index (χ3n) is 4.50. The first kappa shape index (κ1) is 17.5. The Bertz CT molecular complexity index is 791. The first-order valence-electron chi connectivity index (χ1n) is 8.53. The normalized spacial score (nSPS) is 15.8. The summed E-state index contributed by atoms with van der Waals surface area (Å²) in [5.41, 5.74) is 2.89. The third-order valence-corrected chi connectivity index (χ3v) is 4.87. The van der Waals surface area contributed by atoms with E-state index >= 15 is 0 Å². The van der Waals surface area contributed by atoms with Crippen LogP contribution >= 0.6 is 11.6 Å². The summed E-state index contributed by atoms with van der Waals surface area (Å²) < 4.78 is 0. The number of carbonyl (C=O) groups is 2. The molecular weight excluding hydrogens is 336 g/mol. The number of halogens is 1. The second-order valence-electron chi connectivity index (χ2n) is 6.10. The van der Waals surface area contributed by atoms with Crippen LogP contribution in [-0.4, -0.2) is 24.4 Å². The Morgan fingerprint density at radius 3 is 2.64 bits per heavy atom. The van der Waals surface area contributed by atoms with Crippen molar-refractivity contribution >= 4 is 29.1 Å². The van der Waals surface area contributed by atoms with Crippen molar-refractivity contribution in [3.63, 3.8) is 0 Å². The molecule has 0 radical (unpaired) electrons. The highest BCUT2D eigenvalue weighted by molar-refractivity contribution is 6.31. The fourth-order valence-electron chi connectivity index (χ4n) is 3.21. The summed E-state index contributed by atoms with van der Waals surface area (Å²) in [4.78, 5) is 26.7. The van der Waals surface area contributed by atoms with Gasteiger partial charge < -0.3 is 5.32 Å². The van der Waals surface area contributed by atoms with Crippen molar-refractivity contribution in [3.05, 3.63) is 64.7 Å². The summed E-state index contributed by atoms with van der Waals surface area (Å²) >= 11 is 6.15. The van der Waals surface area contributed by atoms with Crippen molar-refractivity contribution < 1.29 is 9.59 Å². The summed E-state index contributed by atoms with van der Waals surface area (Å²) in [5, 5.41) is 3.65. The first-order valence-corrected chi connectivity index (χ1v) is 8.90. The van der Waals surface area contributed by atoms with Crippen LogP contribution in [0.1, 0.15) is 24.5 Å². The number of nitrogens with one attached hydrogen (secondary N) is 1. The van der Waals surface area contributed by atoms with Gasteiger partial charge in [-0.25, -0.2) is 0 Å². The summed E-state index contributed by atoms with van der Waals surface area (Å²) in [6, 6.07) is 14.8. The Balaban J connectivity index is 1.67. The summed E-state index contributed by atoms with van der Waals surface area (Å²) in [6.07, 6.45) is 1.59. The highest BCUT2D eigenvalue weighted by atomic mass is 35.5. The van der Waals surface area contributed by atoms with Gasteiger partial charge in [0.2, 0.25) is 11.8 Å². The zero-order valence-electron chi connectivity index (χ0n) is 14.2. The topological polar surface area (TPSA) is 49.4 Å². The standard InChI is InChI=1S/C20H21ClN2O2/c1-2-19(24)23-17-10-6-4-8-15(17)13-18(23)20(25)22-12-11-14-7-3-5-9-16(14)21/h3-10,18H,2,11-13H2,1H3,(H,22,25). The molecule has 0 aliphatic carbocycles. The fraction of sp³-hybridized carbons (Fsp3) is 0.300. The maximum absolute atomic E-state index is 12.7. The van der Waals surface area contributed by atoms with Gasteiger partial charge in [-0.2, -0.15) is 0 Å². The largest absolute Gasteiger partial charge is 0.354 e. The SMILES string of the molecule is CCC(=O)N1c2ccccc2CC1C(=O)NCCc1ccccc1Cl. The Morgan fingerprint density at radius 2 is 1.88 bits per heavy atom. The molecule has 1 N–H and O–H groups in total. The molecule has 2 amide bonds. The van der Waals surface area contributed by atoms with Gasteiger partial charge in [-0.15, -0.1) is 0 Å². The van der Waals surface area contributed by atoms with Gasteiger partial charge in [0.1, 0.15) is 6.04 Å². The number of para-hydroxylation sites is 1. The highest BCUT2D eigenvalue weighted by Gasteiger charge is 2.37. The van der Waals surface area contributed by atoms with Crippen molar-refractivity contribution in [1.82, 2.24) is 5.32 Å². The van der Waals surface area contributed by atoms with Gasteiger partial charge in [0.15, 0.2) is 0 Å². The molecule has 1 unspecified atom stereocenters. The van der Waals surface area contributed by atoms with Crippen LogP contribution in [-0.2, 0) is 22.4 Å². The minimum atomic E-state index is -0.476. The van der Waals surface area contributed by atoms with E-state index in [4.69, 9.17) is 11.6 Å². The molecule has 1 aliphatic heterocycles. The predicted molar refractivity (Wildman–Crippen MR) is 99.9 cm³/mol. The van der Waals surface area contributed by atoms with E-state index in [9.17, 15) is 9.59 Å². The third kappa shape index (κ3) is 3.69. The van der Waals surface area contributed by atoms with Gasteiger partial charge in [-0.1, -0.05) is 54.9 Å².